The minimum atomic E-state index is -2.96. The van der Waals surface area contributed by atoms with E-state index in [4.69, 9.17) is 4.74 Å². The molecule has 0 radical (unpaired) electrons. The van der Waals surface area contributed by atoms with E-state index in [9.17, 15) is 13.2 Å². The Morgan fingerprint density at radius 2 is 1.62 bits per heavy atom. The highest BCUT2D eigenvalue weighted by Gasteiger charge is 2.25. The lowest BCUT2D eigenvalue weighted by atomic mass is 9.94. The van der Waals surface area contributed by atoms with Crippen LogP contribution in [0, 0.1) is 13.8 Å². The number of hydrogen-bond acceptors (Lipinski definition) is 6. The number of carbonyl (C=O) groups excluding carboxylic acids is 1. The van der Waals surface area contributed by atoms with E-state index in [0.717, 1.165) is 46.7 Å². The molecular weight excluding hydrogens is 510 g/mol. The average molecular weight is 548 g/mol. The summed E-state index contributed by atoms with van der Waals surface area (Å²) >= 11 is 0. The molecule has 2 heterocycles. The summed E-state index contributed by atoms with van der Waals surface area (Å²) in [7, 11) is -2.96. The molecule has 2 aliphatic rings. The van der Waals surface area contributed by atoms with E-state index in [-0.39, 0.29) is 29.9 Å². The molecule has 1 atom stereocenters. The molecule has 3 aromatic carbocycles. The fourth-order valence-corrected chi connectivity index (χ4v) is 6.56. The molecule has 0 aliphatic carbocycles. The molecule has 0 bridgehead atoms. The molecule has 1 unspecified atom stereocenters. The van der Waals surface area contributed by atoms with Crippen LogP contribution in [0.4, 0.5) is 11.4 Å². The Balaban J connectivity index is 1.40. The van der Waals surface area contributed by atoms with Crippen molar-refractivity contribution in [3.05, 3.63) is 94.5 Å². The van der Waals surface area contributed by atoms with Gasteiger partial charge in [0.1, 0.15) is 0 Å². The van der Waals surface area contributed by atoms with Gasteiger partial charge < -0.3 is 19.9 Å². The first-order valence-corrected chi connectivity index (χ1v) is 15.4. The van der Waals surface area contributed by atoms with Crippen LogP contribution in [0.3, 0.4) is 0 Å². The summed E-state index contributed by atoms with van der Waals surface area (Å²) in [6.07, 6.45) is 0.244. The summed E-state index contributed by atoms with van der Waals surface area (Å²) < 4.78 is 29.4. The van der Waals surface area contributed by atoms with E-state index in [1.54, 1.807) is 0 Å². The average Bonchev–Trinajstić information content (AvgIpc) is 2.94. The molecule has 1 amide bonds. The molecule has 7 nitrogen and oxygen atoms in total. The molecule has 0 aromatic heterocycles. The molecular formula is C31H37N3O4S. The maximum atomic E-state index is 13.6. The Bertz CT molecular complexity index is 1410. The van der Waals surface area contributed by atoms with Gasteiger partial charge in [-0.15, -0.1) is 0 Å². The fraction of sp³-hybridized carbons (Fsp3) is 0.387. The second-order valence-corrected chi connectivity index (χ2v) is 12.8. The van der Waals surface area contributed by atoms with Crippen LogP contribution in [-0.2, 0) is 25.8 Å². The van der Waals surface area contributed by atoms with Crippen LogP contribution < -0.4 is 15.1 Å². The van der Waals surface area contributed by atoms with Crippen molar-refractivity contribution in [3.8, 4) is 0 Å². The molecule has 2 fully saturated rings. The van der Waals surface area contributed by atoms with Gasteiger partial charge in [0.15, 0.2) is 9.84 Å². The standard InChI is InChI=1S/C31H37N3O4S/c1-23-8-11-28(29(20-23)34-12-16-38-17-13-34)31(25-6-4-3-5-7-25)32-30(35)22-26-21-27(10-9-24(26)2)33-14-18-39(36,37)19-15-33/h3-11,20-21,31H,12-19,22H2,1-2H3,(H,32,35). The van der Waals surface area contributed by atoms with Crippen LogP contribution in [0.1, 0.15) is 33.9 Å². The van der Waals surface area contributed by atoms with Gasteiger partial charge in [0, 0.05) is 43.1 Å². The van der Waals surface area contributed by atoms with E-state index < -0.39 is 9.84 Å². The zero-order valence-corrected chi connectivity index (χ0v) is 23.5. The third kappa shape index (κ3) is 6.62. The second-order valence-electron chi connectivity index (χ2n) is 10.5. The van der Waals surface area contributed by atoms with Crippen molar-refractivity contribution >= 4 is 27.1 Å². The number of benzene rings is 3. The summed E-state index contributed by atoms with van der Waals surface area (Å²) in [5, 5.41) is 3.34. The van der Waals surface area contributed by atoms with Crippen LogP contribution in [0.25, 0.3) is 0 Å². The first-order chi connectivity index (χ1) is 18.8. The highest BCUT2D eigenvalue weighted by molar-refractivity contribution is 7.91. The van der Waals surface area contributed by atoms with Crippen molar-refractivity contribution in [2.45, 2.75) is 26.3 Å². The number of carbonyl (C=O) groups is 1. The Morgan fingerprint density at radius 3 is 2.33 bits per heavy atom. The topological polar surface area (TPSA) is 79.0 Å². The number of nitrogens with zero attached hydrogens (tertiary/aromatic N) is 2. The van der Waals surface area contributed by atoms with Crippen LogP contribution in [0.5, 0.6) is 0 Å². The van der Waals surface area contributed by atoms with Gasteiger partial charge in [-0.2, -0.15) is 0 Å². The van der Waals surface area contributed by atoms with Crippen molar-refractivity contribution in [3.63, 3.8) is 0 Å². The maximum Gasteiger partial charge on any atom is 0.225 e. The molecule has 39 heavy (non-hydrogen) atoms. The largest absolute Gasteiger partial charge is 0.378 e. The van der Waals surface area contributed by atoms with Gasteiger partial charge in [0.25, 0.3) is 0 Å². The van der Waals surface area contributed by atoms with E-state index in [0.29, 0.717) is 26.3 Å². The predicted molar refractivity (Wildman–Crippen MR) is 156 cm³/mol. The quantitative estimate of drug-likeness (QED) is 0.485. The number of anilines is 2. The van der Waals surface area contributed by atoms with Crippen molar-refractivity contribution in [2.24, 2.45) is 0 Å². The van der Waals surface area contributed by atoms with Gasteiger partial charge in [-0.25, -0.2) is 8.42 Å². The molecule has 1 N–H and O–H groups in total. The van der Waals surface area contributed by atoms with Crippen molar-refractivity contribution in [2.75, 3.05) is 60.7 Å². The zero-order valence-electron chi connectivity index (χ0n) is 22.7. The summed E-state index contributed by atoms with van der Waals surface area (Å²) in [6.45, 7) is 8.07. The molecule has 8 heteroatoms. The highest BCUT2D eigenvalue weighted by atomic mass is 32.2. The lowest BCUT2D eigenvalue weighted by Crippen LogP contribution is -2.40. The van der Waals surface area contributed by atoms with Crippen molar-refractivity contribution in [1.82, 2.24) is 5.32 Å². The lowest BCUT2D eigenvalue weighted by molar-refractivity contribution is -0.120. The monoisotopic (exact) mass is 547 g/mol. The number of aryl methyl sites for hydroxylation is 2. The molecule has 2 aliphatic heterocycles. The van der Waals surface area contributed by atoms with E-state index in [2.05, 4.69) is 52.4 Å². The molecule has 3 aromatic rings. The highest BCUT2D eigenvalue weighted by Crippen LogP contribution is 2.33. The first-order valence-electron chi connectivity index (χ1n) is 13.6. The van der Waals surface area contributed by atoms with Gasteiger partial charge >= 0.3 is 0 Å². The van der Waals surface area contributed by atoms with Gasteiger partial charge in [0.2, 0.25) is 5.91 Å². The SMILES string of the molecule is Cc1ccc(C(NC(=O)Cc2cc(N3CCS(=O)(=O)CC3)ccc2C)c2ccccc2)c(N2CCOCC2)c1. The molecule has 0 spiro atoms. The van der Waals surface area contributed by atoms with E-state index >= 15 is 0 Å². The number of amides is 1. The Kier molecular flexibility index (Phi) is 8.23. The third-order valence-corrected chi connectivity index (χ3v) is 9.29. The lowest BCUT2D eigenvalue weighted by Gasteiger charge is -2.33. The molecule has 2 saturated heterocycles. The minimum absolute atomic E-state index is 0.0566. The number of rotatable bonds is 7. The number of hydrogen-bond donors (Lipinski definition) is 1. The van der Waals surface area contributed by atoms with E-state index in [1.807, 2.05) is 43.3 Å². The van der Waals surface area contributed by atoms with Crippen molar-refractivity contribution in [1.29, 1.82) is 0 Å². The fourth-order valence-electron chi connectivity index (χ4n) is 5.36. The number of nitrogens with one attached hydrogen (secondary N) is 1. The van der Waals surface area contributed by atoms with Crippen LogP contribution >= 0.6 is 0 Å². The third-order valence-electron chi connectivity index (χ3n) is 7.68. The van der Waals surface area contributed by atoms with Gasteiger partial charge in [-0.05, 0) is 54.3 Å². The van der Waals surface area contributed by atoms with E-state index in [1.165, 1.54) is 5.56 Å². The van der Waals surface area contributed by atoms with Crippen molar-refractivity contribution < 1.29 is 17.9 Å². The smallest absolute Gasteiger partial charge is 0.225 e. The zero-order chi connectivity index (χ0) is 27.4. The molecule has 0 saturated carbocycles. The Hall–Kier alpha value is -3.36. The number of ether oxygens (including phenoxy) is 1. The second kappa shape index (κ2) is 11.8. The summed E-state index contributed by atoms with van der Waals surface area (Å²) in [5.41, 5.74) is 7.36. The summed E-state index contributed by atoms with van der Waals surface area (Å²) in [4.78, 5) is 18.1. The first kappa shape index (κ1) is 27.2. The van der Waals surface area contributed by atoms with Crippen LogP contribution in [0.15, 0.2) is 66.7 Å². The number of sulfone groups is 1. The Morgan fingerprint density at radius 1 is 0.897 bits per heavy atom. The van der Waals surface area contributed by atoms with Gasteiger partial charge in [0.05, 0.1) is 37.2 Å². The van der Waals surface area contributed by atoms with Gasteiger partial charge in [-0.3, -0.25) is 4.79 Å². The minimum Gasteiger partial charge on any atom is -0.378 e. The predicted octanol–water partition coefficient (Wildman–Crippen LogP) is 3.82. The van der Waals surface area contributed by atoms with Gasteiger partial charge in [-0.1, -0.05) is 48.5 Å². The van der Waals surface area contributed by atoms with Crippen LogP contribution in [0.2, 0.25) is 0 Å². The Labute approximate surface area is 231 Å². The van der Waals surface area contributed by atoms with Crippen LogP contribution in [-0.4, -0.2) is 65.2 Å². The normalized spacial score (nSPS) is 18.0. The molecule has 206 valence electrons. The number of morpholine rings is 1. The summed E-state index contributed by atoms with van der Waals surface area (Å²) in [6, 6.07) is 22.3. The summed E-state index contributed by atoms with van der Waals surface area (Å²) in [5.74, 6) is 0.272. The molecule has 5 rings (SSSR count). The maximum absolute atomic E-state index is 13.6.